The summed E-state index contributed by atoms with van der Waals surface area (Å²) in [6.07, 6.45) is 0.588. The predicted molar refractivity (Wildman–Crippen MR) is 75.5 cm³/mol. The number of ether oxygens (including phenoxy) is 1. The number of rotatable bonds is 5. The minimum Gasteiger partial charge on any atom is -0.467 e. The zero-order chi connectivity index (χ0) is 14.4. The highest BCUT2D eigenvalue weighted by molar-refractivity contribution is 6.33. The Hall–Kier alpha value is -1.75. The number of carbonyl (C=O) groups is 2. The van der Waals surface area contributed by atoms with Crippen molar-refractivity contribution in [3.8, 4) is 0 Å². The third-order valence-corrected chi connectivity index (χ3v) is 2.84. The molecule has 0 spiro atoms. The number of nitrogens with one attached hydrogen (secondary N) is 2. The molecule has 0 bridgehead atoms. The second-order valence-corrected chi connectivity index (χ2v) is 4.41. The summed E-state index contributed by atoms with van der Waals surface area (Å²) in [5.41, 5.74) is 1.18. The quantitative estimate of drug-likeness (QED) is 0.816. The Morgan fingerprint density at radius 2 is 2.11 bits per heavy atom. The fourth-order valence-electron chi connectivity index (χ4n) is 1.57. The van der Waals surface area contributed by atoms with Crippen LogP contribution in [0.15, 0.2) is 18.2 Å². The molecular formula is C13H17ClN2O3. The van der Waals surface area contributed by atoms with Crippen LogP contribution >= 0.6 is 11.6 Å². The molecule has 1 unspecified atom stereocenters. The Labute approximate surface area is 117 Å². The van der Waals surface area contributed by atoms with E-state index in [0.29, 0.717) is 22.8 Å². The predicted octanol–water partition coefficient (Wildman–Crippen LogP) is 2.66. The second-order valence-electron chi connectivity index (χ2n) is 4.00. The van der Waals surface area contributed by atoms with E-state index < -0.39 is 6.04 Å². The third-order valence-electron chi connectivity index (χ3n) is 2.51. The van der Waals surface area contributed by atoms with Crippen LogP contribution in [0.1, 0.15) is 20.3 Å². The molecule has 1 aromatic carbocycles. The maximum Gasteiger partial charge on any atom is 0.328 e. The summed E-state index contributed by atoms with van der Waals surface area (Å²) >= 11 is 5.97. The van der Waals surface area contributed by atoms with Gasteiger partial charge in [-0.15, -0.1) is 0 Å². The van der Waals surface area contributed by atoms with E-state index in [1.54, 1.807) is 18.2 Å². The van der Waals surface area contributed by atoms with E-state index in [2.05, 4.69) is 10.6 Å². The average Bonchev–Trinajstić information content (AvgIpc) is 2.38. The largest absolute Gasteiger partial charge is 0.467 e. The average molecular weight is 285 g/mol. The molecule has 19 heavy (non-hydrogen) atoms. The van der Waals surface area contributed by atoms with Crippen LogP contribution < -0.4 is 10.6 Å². The van der Waals surface area contributed by atoms with Crippen molar-refractivity contribution in [3.05, 3.63) is 23.2 Å². The van der Waals surface area contributed by atoms with Crippen LogP contribution in [0.4, 0.5) is 11.4 Å². The Kier molecular flexibility index (Phi) is 5.63. The molecule has 1 atom stereocenters. The number of amides is 1. The summed E-state index contributed by atoms with van der Waals surface area (Å²) in [5, 5.41) is 6.09. The van der Waals surface area contributed by atoms with Crippen LogP contribution in [0.2, 0.25) is 5.02 Å². The Morgan fingerprint density at radius 1 is 1.42 bits per heavy atom. The molecule has 6 heteroatoms. The molecule has 0 saturated carbocycles. The first-order chi connectivity index (χ1) is 8.97. The minimum absolute atomic E-state index is 0.209. The summed E-state index contributed by atoms with van der Waals surface area (Å²) in [4.78, 5) is 22.5. The summed E-state index contributed by atoms with van der Waals surface area (Å²) in [6.45, 7) is 3.28. The van der Waals surface area contributed by atoms with Gasteiger partial charge >= 0.3 is 5.97 Å². The molecule has 0 aliphatic rings. The van der Waals surface area contributed by atoms with Gasteiger partial charge in [0.25, 0.3) is 0 Å². The molecule has 2 N–H and O–H groups in total. The molecule has 1 amide bonds. The molecule has 1 rings (SSSR count). The first kappa shape index (κ1) is 15.3. The van der Waals surface area contributed by atoms with E-state index in [9.17, 15) is 9.59 Å². The number of hydrogen-bond acceptors (Lipinski definition) is 4. The molecule has 104 valence electrons. The van der Waals surface area contributed by atoms with Crippen molar-refractivity contribution in [3.63, 3.8) is 0 Å². The van der Waals surface area contributed by atoms with Crippen LogP contribution in [0.5, 0.6) is 0 Å². The third kappa shape index (κ3) is 4.44. The van der Waals surface area contributed by atoms with Crippen LogP contribution in [-0.4, -0.2) is 25.0 Å². The van der Waals surface area contributed by atoms with Gasteiger partial charge in [-0.25, -0.2) is 4.79 Å². The fourth-order valence-corrected chi connectivity index (χ4v) is 1.74. The number of hydrogen-bond donors (Lipinski definition) is 2. The SMILES string of the molecule is CCC(Nc1ccc(Cl)c(NC(C)=O)c1)C(=O)OC. The van der Waals surface area contributed by atoms with Gasteiger partial charge in [-0.3, -0.25) is 4.79 Å². The van der Waals surface area contributed by atoms with E-state index in [-0.39, 0.29) is 11.9 Å². The van der Waals surface area contributed by atoms with Gasteiger partial charge in [0, 0.05) is 12.6 Å². The molecule has 0 aliphatic carbocycles. The molecule has 0 heterocycles. The summed E-state index contributed by atoms with van der Waals surface area (Å²) < 4.78 is 4.70. The van der Waals surface area contributed by atoms with E-state index >= 15 is 0 Å². The van der Waals surface area contributed by atoms with Gasteiger partial charge in [-0.1, -0.05) is 18.5 Å². The molecular weight excluding hydrogens is 268 g/mol. The van der Waals surface area contributed by atoms with Crippen molar-refractivity contribution in [2.45, 2.75) is 26.3 Å². The van der Waals surface area contributed by atoms with Gasteiger partial charge in [-0.2, -0.15) is 0 Å². The van der Waals surface area contributed by atoms with Crippen molar-refractivity contribution in [2.24, 2.45) is 0 Å². The van der Waals surface area contributed by atoms with Gasteiger partial charge < -0.3 is 15.4 Å². The molecule has 1 aromatic rings. The zero-order valence-electron chi connectivity index (χ0n) is 11.1. The molecule has 0 aromatic heterocycles. The zero-order valence-corrected chi connectivity index (χ0v) is 11.9. The van der Waals surface area contributed by atoms with E-state index in [4.69, 9.17) is 16.3 Å². The van der Waals surface area contributed by atoms with E-state index in [1.165, 1.54) is 14.0 Å². The highest BCUT2D eigenvalue weighted by Crippen LogP contribution is 2.26. The minimum atomic E-state index is -0.434. The fraction of sp³-hybridized carbons (Fsp3) is 0.385. The van der Waals surface area contributed by atoms with Crippen LogP contribution in [0.25, 0.3) is 0 Å². The number of methoxy groups -OCH3 is 1. The normalized spacial score (nSPS) is 11.6. The van der Waals surface area contributed by atoms with Gasteiger partial charge in [0.2, 0.25) is 5.91 Å². The van der Waals surface area contributed by atoms with Gasteiger partial charge in [0.15, 0.2) is 0 Å². The van der Waals surface area contributed by atoms with Crippen LogP contribution in [0, 0.1) is 0 Å². The highest BCUT2D eigenvalue weighted by atomic mass is 35.5. The van der Waals surface area contributed by atoms with Crippen molar-refractivity contribution in [1.29, 1.82) is 0 Å². The second kappa shape index (κ2) is 6.99. The Balaban J connectivity index is 2.89. The lowest BCUT2D eigenvalue weighted by Gasteiger charge is -2.17. The maximum absolute atomic E-state index is 11.5. The first-order valence-corrected chi connectivity index (χ1v) is 6.27. The molecule has 5 nitrogen and oxygen atoms in total. The maximum atomic E-state index is 11.5. The standard InChI is InChI=1S/C13H17ClN2O3/c1-4-11(13(18)19-3)16-9-5-6-10(14)12(7-9)15-8(2)17/h5-7,11,16H,4H2,1-3H3,(H,15,17). The Bertz CT molecular complexity index is 477. The smallest absolute Gasteiger partial charge is 0.328 e. The molecule has 0 aliphatic heterocycles. The number of halogens is 1. The van der Waals surface area contributed by atoms with Crippen molar-refractivity contribution in [1.82, 2.24) is 0 Å². The van der Waals surface area contributed by atoms with E-state index in [1.807, 2.05) is 6.92 Å². The van der Waals surface area contributed by atoms with Crippen LogP contribution in [0.3, 0.4) is 0 Å². The van der Waals surface area contributed by atoms with Crippen LogP contribution in [-0.2, 0) is 14.3 Å². The lowest BCUT2D eigenvalue weighted by atomic mass is 10.2. The topological polar surface area (TPSA) is 67.4 Å². The first-order valence-electron chi connectivity index (χ1n) is 5.89. The van der Waals surface area contributed by atoms with Crippen molar-refractivity contribution < 1.29 is 14.3 Å². The monoisotopic (exact) mass is 284 g/mol. The number of anilines is 2. The van der Waals surface area contributed by atoms with Crippen molar-refractivity contribution >= 4 is 34.9 Å². The number of benzene rings is 1. The highest BCUT2D eigenvalue weighted by Gasteiger charge is 2.16. The number of esters is 1. The number of carbonyl (C=O) groups excluding carboxylic acids is 2. The summed E-state index contributed by atoms with van der Waals surface area (Å²) in [5.74, 6) is -0.544. The lowest BCUT2D eigenvalue weighted by molar-refractivity contribution is -0.141. The van der Waals surface area contributed by atoms with Gasteiger partial charge in [-0.05, 0) is 24.6 Å². The molecule has 0 fully saturated rings. The summed E-state index contributed by atoms with van der Waals surface area (Å²) in [7, 11) is 1.34. The van der Waals surface area contributed by atoms with Gasteiger partial charge in [0.1, 0.15) is 6.04 Å². The Morgan fingerprint density at radius 3 is 2.63 bits per heavy atom. The van der Waals surface area contributed by atoms with Gasteiger partial charge in [0.05, 0.1) is 17.8 Å². The van der Waals surface area contributed by atoms with Crippen molar-refractivity contribution in [2.75, 3.05) is 17.7 Å². The molecule has 0 radical (unpaired) electrons. The molecule has 0 saturated heterocycles. The lowest BCUT2D eigenvalue weighted by Crippen LogP contribution is -2.29. The van der Waals surface area contributed by atoms with E-state index in [0.717, 1.165) is 0 Å². The summed E-state index contributed by atoms with van der Waals surface area (Å²) in [6, 6.07) is 4.63.